The van der Waals surface area contributed by atoms with Crippen LogP contribution in [0.1, 0.15) is 23.2 Å². The minimum Gasteiger partial charge on any atom is -0.497 e. The lowest BCUT2D eigenvalue weighted by Crippen LogP contribution is -2.19. The highest BCUT2D eigenvalue weighted by Crippen LogP contribution is 2.18. The van der Waals surface area contributed by atoms with Gasteiger partial charge in [-0.1, -0.05) is 6.07 Å². The molecule has 0 spiro atoms. The van der Waals surface area contributed by atoms with Gasteiger partial charge in [0.25, 0.3) is 5.91 Å². The van der Waals surface area contributed by atoms with Crippen LogP contribution in [-0.2, 0) is 4.74 Å². The van der Waals surface area contributed by atoms with Gasteiger partial charge in [-0.3, -0.25) is 9.78 Å². The number of ether oxygens (including phenoxy) is 2. The maximum absolute atomic E-state index is 12.4. The number of hydrogen-bond acceptors (Lipinski definition) is 5. The van der Waals surface area contributed by atoms with E-state index in [9.17, 15) is 4.79 Å². The number of anilines is 2. The van der Waals surface area contributed by atoms with Gasteiger partial charge < -0.3 is 20.1 Å². The molecule has 3 rings (SSSR count). The number of carbonyl (C=O) groups is 1. The SMILES string of the molecule is COc1cccc(NC(=O)c2cncc(NCC3CCCO3)c2)c1. The van der Waals surface area contributed by atoms with Crippen molar-refractivity contribution in [1.29, 1.82) is 0 Å². The third kappa shape index (κ3) is 4.23. The van der Waals surface area contributed by atoms with Crippen molar-refractivity contribution in [2.24, 2.45) is 0 Å². The molecule has 1 saturated heterocycles. The second-order valence-corrected chi connectivity index (χ2v) is 5.66. The van der Waals surface area contributed by atoms with Gasteiger partial charge in [-0.25, -0.2) is 0 Å². The predicted molar refractivity (Wildman–Crippen MR) is 92.6 cm³/mol. The summed E-state index contributed by atoms with van der Waals surface area (Å²) in [6, 6.07) is 9.02. The highest BCUT2D eigenvalue weighted by molar-refractivity contribution is 6.04. The molecular formula is C18H21N3O3. The maximum atomic E-state index is 12.4. The van der Waals surface area contributed by atoms with Crippen molar-refractivity contribution in [2.45, 2.75) is 18.9 Å². The van der Waals surface area contributed by atoms with Crippen LogP contribution < -0.4 is 15.4 Å². The van der Waals surface area contributed by atoms with Crippen molar-refractivity contribution in [1.82, 2.24) is 4.98 Å². The Morgan fingerprint density at radius 2 is 2.25 bits per heavy atom. The molecule has 1 atom stereocenters. The molecule has 1 aromatic carbocycles. The molecule has 0 bridgehead atoms. The van der Waals surface area contributed by atoms with Crippen LogP contribution in [0.15, 0.2) is 42.7 Å². The van der Waals surface area contributed by atoms with Gasteiger partial charge in [0.1, 0.15) is 5.75 Å². The normalized spacial score (nSPS) is 16.6. The molecule has 1 aromatic heterocycles. The number of nitrogens with one attached hydrogen (secondary N) is 2. The molecule has 6 nitrogen and oxygen atoms in total. The van der Waals surface area contributed by atoms with E-state index in [1.54, 1.807) is 31.6 Å². The summed E-state index contributed by atoms with van der Waals surface area (Å²) in [6.45, 7) is 1.55. The number of pyridine rings is 1. The smallest absolute Gasteiger partial charge is 0.257 e. The molecule has 24 heavy (non-hydrogen) atoms. The molecule has 1 unspecified atom stereocenters. The van der Waals surface area contributed by atoms with Gasteiger partial charge in [-0.2, -0.15) is 0 Å². The van der Waals surface area contributed by atoms with Crippen molar-refractivity contribution < 1.29 is 14.3 Å². The molecule has 0 radical (unpaired) electrons. The first-order valence-electron chi connectivity index (χ1n) is 8.00. The minimum absolute atomic E-state index is 0.212. The second kappa shape index (κ2) is 7.79. The fraction of sp³-hybridized carbons (Fsp3) is 0.333. The number of nitrogens with zero attached hydrogens (tertiary/aromatic N) is 1. The first kappa shape index (κ1) is 16.3. The highest BCUT2D eigenvalue weighted by Gasteiger charge is 2.15. The van der Waals surface area contributed by atoms with Crippen LogP contribution >= 0.6 is 0 Å². The monoisotopic (exact) mass is 327 g/mol. The zero-order chi connectivity index (χ0) is 16.8. The number of amides is 1. The zero-order valence-electron chi connectivity index (χ0n) is 13.6. The van der Waals surface area contributed by atoms with Crippen LogP contribution in [0, 0.1) is 0 Å². The molecule has 126 valence electrons. The van der Waals surface area contributed by atoms with Crippen molar-refractivity contribution in [3.8, 4) is 5.75 Å². The van der Waals surface area contributed by atoms with E-state index in [0.29, 0.717) is 17.0 Å². The Bertz CT molecular complexity index is 699. The average molecular weight is 327 g/mol. The lowest BCUT2D eigenvalue weighted by molar-refractivity contribution is 0.102. The largest absolute Gasteiger partial charge is 0.497 e. The maximum Gasteiger partial charge on any atom is 0.257 e. The molecular weight excluding hydrogens is 306 g/mol. The summed E-state index contributed by atoms with van der Waals surface area (Å²) in [4.78, 5) is 16.5. The van der Waals surface area contributed by atoms with Gasteiger partial charge in [-0.05, 0) is 31.0 Å². The minimum atomic E-state index is -0.212. The fourth-order valence-electron chi connectivity index (χ4n) is 2.60. The van der Waals surface area contributed by atoms with Crippen molar-refractivity contribution in [3.05, 3.63) is 48.3 Å². The molecule has 2 heterocycles. The molecule has 0 aliphatic carbocycles. The second-order valence-electron chi connectivity index (χ2n) is 5.66. The highest BCUT2D eigenvalue weighted by atomic mass is 16.5. The summed E-state index contributed by atoms with van der Waals surface area (Å²) in [6.07, 6.45) is 5.66. The Morgan fingerprint density at radius 1 is 1.33 bits per heavy atom. The van der Waals surface area contributed by atoms with E-state index < -0.39 is 0 Å². The van der Waals surface area contributed by atoms with Gasteiger partial charge in [0.05, 0.1) is 24.5 Å². The first-order valence-corrected chi connectivity index (χ1v) is 8.00. The quantitative estimate of drug-likeness (QED) is 0.853. The summed E-state index contributed by atoms with van der Waals surface area (Å²) in [7, 11) is 1.59. The van der Waals surface area contributed by atoms with Gasteiger partial charge in [0, 0.05) is 37.3 Å². The summed E-state index contributed by atoms with van der Waals surface area (Å²) < 4.78 is 10.7. The molecule has 1 aliphatic heterocycles. The third-order valence-corrected chi connectivity index (χ3v) is 3.89. The topological polar surface area (TPSA) is 72.5 Å². The Morgan fingerprint density at radius 3 is 3.04 bits per heavy atom. The lowest BCUT2D eigenvalue weighted by Gasteiger charge is -2.12. The molecule has 1 aliphatic rings. The molecule has 1 fully saturated rings. The van der Waals surface area contributed by atoms with Gasteiger partial charge >= 0.3 is 0 Å². The van der Waals surface area contributed by atoms with Crippen molar-refractivity contribution in [3.63, 3.8) is 0 Å². The Labute approximate surface area is 141 Å². The summed E-state index contributed by atoms with van der Waals surface area (Å²) >= 11 is 0. The standard InChI is InChI=1S/C18H21N3O3/c1-23-16-5-2-4-14(9-16)21-18(22)13-8-15(11-19-10-13)20-12-17-6-3-7-24-17/h2,4-5,8-11,17,20H,3,6-7,12H2,1H3,(H,21,22). The lowest BCUT2D eigenvalue weighted by atomic mass is 10.2. The van der Waals surface area contributed by atoms with Crippen molar-refractivity contribution in [2.75, 3.05) is 30.9 Å². The van der Waals surface area contributed by atoms with Gasteiger partial charge in [0.15, 0.2) is 0 Å². The zero-order valence-corrected chi connectivity index (χ0v) is 13.6. The van der Waals surface area contributed by atoms with Crippen LogP contribution in [0.4, 0.5) is 11.4 Å². The summed E-state index contributed by atoms with van der Waals surface area (Å²) in [5.74, 6) is 0.481. The number of carbonyl (C=O) groups excluding carboxylic acids is 1. The number of benzene rings is 1. The van der Waals surface area contributed by atoms with E-state index >= 15 is 0 Å². The number of methoxy groups -OCH3 is 1. The Kier molecular flexibility index (Phi) is 5.28. The van der Waals surface area contributed by atoms with Crippen LogP contribution in [-0.4, -0.2) is 37.3 Å². The molecule has 2 aromatic rings. The Balaban J connectivity index is 1.62. The van der Waals surface area contributed by atoms with Crippen LogP contribution in [0.2, 0.25) is 0 Å². The average Bonchev–Trinajstić information content (AvgIpc) is 3.14. The van der Waals surface area contributed by atoms with Crippen molar-refractivity contribution >= 4 is 17.3 Å². The Hall–Kier alpha value is -2.60. The molecule has 6 heteroatoms. The number of aromatic nitrogens is 1. The van der Waals surface area contributed by atoms with Gasteiger partial charge in [-0.15, -0.1) is 0 Å². The molecule has 2 N–H and O–H groups in total. The van der Waals surface area contributed by atoms with E-state index in [2.05, 4.69) is 15.6 Å². The molecule has 1 amide bonds. The van der Waals surface area contributed by atoms with Gasteiger partial charge in [0.2, 0.25) is 0 Å². The van der Waals surface area contributed by atoms with Crippen LogP contribution in [0.3, 0.4) is 0 Å². The van der Waals surface area contributed by atoms with Crippen LogP contribution in [0.25, 0.3) is 0 Å². The fourth-order valence-corrected chi connectivity index (χ4v) is 2.60. The van der Waals surface area contributed by atoms with E-state index in [1.807, 2.05) is 18.2 Å². The van der Waals surface area contributed by atoms with E-state index in [4.69, 9.17) is 9.47 Å². The molecule has 0 saturated carbocycles. The van der Waals surface area contributed by atoms with E-state index in [0.717, 1.165) is 31.7 Å². The summed E-state index contributed by atoms with van der Waals surface area (Å²) in [5.41, 5.74) is 1.98. The van der Waals surface area contributed by atoms with Crippen LogP contribution in [0.5, 0.6) is 5.75 Å². The number of hydrogen-bond donors (Lipinski definition) is 2. The first-order chi connectivity index (χ1) is 11.7. The predicted octanol–water partition coefficient (Wildman–Crippen LogP) is 2.93. The summed E-state index contributed by atoms with van der Waals surface area (Å²) in [5, 5.41) is 6.12. The third-order valence-electron chi connectivity index (χ3n) is 3.89. The van der Waals surface area contributed by atoms with E-state index in [-0.39, 0.29) is 12.0 Å². The number of rotatable bonds is 6. The van der Waals surface area contributed by atoms with E-state index in [1.165, 1.54) is 0 Å².